The van der Waals surface area contributed by atoms with Gasteiger partial charge in [0.05, 0.1) is 12.1 Å². The van der Waals surface area contributed by atoms with Gasteiger partial charge in [0, 0.05) is 6.54 Å². The van der Waals surface area contributed by atoms with E-state index in [4.69, 9.17) is 0 Å². The molecule has 1 aliphatic heterocycles. The highest BCUT2D eigenvalue weighted by atomic mass is 16.2. The largest absolute Gasteiger partial charge is 0.348 e. The first-order valence-electron chi connectivity index (χ1n) is 5.95. The van der Waals surface area contributed by atoms with Gasteiger partial charge in [0.15, 0.2) is 0 Å². The quantitative estimate of drug-likeness (QED) is 0.742. The molecule has 1 heterocycles. The van der Waals surface area contributed by atoms with Gasteiger partial charge in [0.2, 0.25) is 5.91 Å². The summed E-state index contributed by atoms with van der Waals surface area (Å²) < 4.78 is 0. The van der Waals surface area contributed by atoms with Crippen molar-refractivity contribution in [2.24, 2.45) is 11.8 Å². The summed E-state index contributed by atoms with van der Waals surface area (Å²) in [5.74, 6) is 1.37. The topological polar surface area (TPSA) is 41.1 Å². The fraction of sp³-hybridized carbons (Fsp3) is 0.917. The van der Waals surface area contributed by atoms with Gasteiger partial charge < -0.3 is 10.6 Å². The van der Waals surface area contributed by atoms with Crippen molar-refractivity contribution in [1.29, 1.82) is 0 Å². The Labute approximate surface area is 93.0 Å². The third-order valence-electron chi connectivity index (χ3n) is 2.75. The van der Waals surface area contributed by atoms with E-state index in [2.05, 4.69) is 38.3 Å². The summed E-state index contributed by atoms with van der Waals surface area (Å²) in [6, 6.07) is 0. The Hall–Kier alpha value is -0.570. The number of rotatable bonds is 4. The number of nitrogens with one attached hydrogen (secondary N) is 2. The van der Waals surface area contributed by atoms with Crippen molar-refractivity contribution in [3.8, 4) is 0 Å². The van der Waals surface area contributed by atoms with Crippen LogP contribution in [-0.4, -0.2) is 24.5 Å². The summed E-state index contributed by atoms with van der Waals surface area (Å²) in [5.41, 5.74) is -0.0162. The van der Waals surface area contributed by atoms with Crippen LogP contribution in [0.2, 0.25) is 0 Å². The van der Waals surface area contributed by atoms with Gasteiger partial charge in [-0.05, 0) is 24.7 Å². The maximum atomic E-state index is 11.5. The molecule has 1 saturated heterocycles. The Morgan fingerprint density at radius 1 is 1.20 bits per heavy atom. The predicted molar refractivity (Wildman–Crippen MR) is 62.7 cm³/mol. The number of amides is 1. The molecule has 3 nitrogen and oxygen atoms in total. The molecule has 1 amide bonds. The van der Waals surface area contributed by atoms with Crippen LogP contribution >= 0.6 is 0 Å². The molecule has 1 rings (SSSR count). The number of hydrogen-bond acceptors (Lipinski definition) is 2. The van der Waals surface area contributed by atoms with Crippen LogP contribution in [0.1, 0.15) is 40.5 Å². The second-order valence-electron chi connectivity index (χ2n) is 5.63. The number of hydrogen-bond donors (Lipinski definition) is 2. The number of carbonyl (C=O) groups excluding carboxylic acids is 1. The van der Waals surface area contributed by atoms with Gasteiger partial charge in [-0.15, -0.1) is 0 Å². The molecular formula is C12H24N2O. The fourth-order valence-electron chi connectivity index (χ4n) is 2.69. The highest BCUT2D eigenvalue weighted by Crippen LogP contribution is 2.25. The van der Waals surface area contributed by atoms with Crippen LogP contribution in [0.5, 0.6) is 0 Å². The minimum absolute atomic E-state index is 0.0162. The van der Waals surface area contributed by atoms with E-state index >= 15 is 0 Å². The van der Waals surface area contributed by atoms with Crippen LogP contribution in [0.3, 0.4) is 0 Å². The molecule has 15 heavy (non-hydrogen) atoms. The SMILES string of the molecule is CC(C)CC1(CC(C)C)CNCC(=O)N1. The fourth-order valence-corrected chi connectivity index (χ4v) is 2.69. The first-order chi connectivity index (χ1) is 6.93. The van der Waals surface area contributed by atoms with Crippen LogP contribution in [0.15, 0.2) is 0 Å². The normalized spacial score (nSPS) is 20.8. The monoisotopic (exact) mass is 212 g/mol. The number of carbonyl (C=O) groups is 1. The van der Waals surface area contributed by atoms with Gasteiger partial charge in [-0.25, -0.2) is 0 Å². The van der Waals surface area contributed by atoms with Crippen molar-refractivity contribution >= 4 is 5.91 Å². The van der Waals surface area contributed by atoms with Crippen molar-refractivity contribution in [1.82, 2.24) is 10.6 Å². The van der Waals surface area contributed by atoms with Crippen LogP contribution in [-0.2, 0) is 4.79 Å². The van der Waals surface area contributed by atoms with E-state index in [0.717, 1.165) is 19.4 Å². The van der Waals surface area contributed by atoms with E-state index in [1.807, 2.05) is 0 Å². The molecule has 0 radical (unpaired) electrons. The average molecular weight is 212 g/mol. The van der Waals surface area contributed by atoms with Crippen molar-refractivity contribution in [3.05, 3.63) is 0 Å². The van der Waals surface area contributed by atoms with Crippen molar-refractivity contribution in [2.45, 2.75) is 46.1 Å². The van der Waals surface area contributed by atoms with Crippen molar-refractivity contribution in [2.75, 3.05) is 13.1 Å². The molecule has 3 heteroatoms. The van der Waals surface area contributed by atoms with Crippen LogP contribution in [0.25, 0.3) is 0 Å². The molecule has 1 aliphatic rings. The lowest BCUT2D eigenvalue weighted by Crippen LogP contribution is -2.62. The zero-order chi connectivity index (χ0) is 11.5. The zero-order valence-corrected chi connectivity index (χ0v) is 10.4. The lowest BCUT2D eigenvalue weighted by molar-refractivity contribution is -0.124. The van der Waals surface area contributed by atoms with Gasteiger partial charge in [-0.2, -0.15) is 0 Å². The molecule has 0 bridgehead atoms. The Kier molecular flexibility index (Phi) is 4.14. The maximum absolute atomic E-state index is 11.5. The molecule has 0 aromatic carbocycles. The average Bonchev–Trinajstić information content (AvgIpc) is 1.99. The standard InChI is InChI=1S/C12H24N2O/c1-9(2)5-12(6-10(3)4)8-13-7-11(15)14-12/h9-10,13H,5-8H2,1-4H3,(H,14,15). The molecule has 0 aliphatic carbocycles. The Morgan fingerprint density at radius 3 is 2.13 bits per heavy atom. The summed E-state index contributed by atoms with van der Waals surface area (Å²) >= 11 is 0. The molecule has 88 valence electrons. The van der Waals surface area contributed by atoms with Crippen LogP contribution in [0, 0.1) is 11.8 Å². The Bertz CT molecular complexity index is 214. The van der Waals surface area contributed by atoms with Crippen molar-refractivity contribution < 1.29 is 4.79 Å². The van der Waals surface area contributed by atoms with E-state index < -0.39 is 0 Å². The zero-order valence-electron chi connectivity index (χ0n) is 10.4. The molecule has 0 unspecified atom stereocenters. The van der Waals surface area contributed by atoms with E-state index in [9.17, 15) is 4.79 Å². The molecular weight excluding hydrogens is 188 g/mol. The van der Waals surface area contributed by atoms with E-state index in [0.29, 0.717) is 18.4 Å². The summed E-state index contributed by atoms with van der Waals surface area (Å²) in [6.45, 7) is 10.2. The predicted octanol–water partition coefficient (Wildman–Crippen LogP) is 1.54. The Balaban J connectivity index is 2.70. The molecule has 0 saturated carbocycles. The summed E-state index contributed by atoms with van der Waals surface area (Å²) in [6.07, 6.45) is 2.12. The maximum Gasteiger partial charge on any atom is 0.234 e. The molecule has 0 aromatic heterocycles. The second-order valence-corrected chi connectivity index (χ2v) is 5.63. The molecule has 0 aromatic rings. The minimum Gasteiger partial charge on any atom is -0.348 e. The third-order valence-corrected chi connectivity index (χ3v) is 2.75. The van der Waals surface area contributed by atoms with Gasteiger partial charge in [-0.3, -0.25) is 4.79 Å². The Morgan fingerprint density at radius 2 is 1.73 bits per heavy atom. The van der Waals surface area contributed by atoms with Gasteiger partial charge in [0.25, 0.3) is 0 Å². The highest BCUT2D eigenvalue weighted by molar-refractivity contribution is 5.79. The molecule has 2 N–H and O–H groups in total. The molecule has 0 spiro atoms. The van der Waals surface area contributed by atoms with Crippen molar-refractivity contribution in [3.63, 3.8) is 0 Å². The molecule has 0 atom stereocenters. The minimum atomic E-state index is -0.0162. The lowest BCUT2D eigenvalue weighted by Gasteiger charge is -2.41. The lowest BCUT2D eigenvalue weighted by atomic mass is 9.80. The summed E-state index contributed by atoms with van der Waals surface area (Å²) in [7, 11) is 0. The summed E-state index contributed by atoms with van der Waals surface area (Å²) in [5, 5.41) is 6.42. The second kappa shape index (κ2) is 4.97. The summed E-state index contributed by atoms with van der Waals surface area (Å²) in [4.78, 5) is 11.5. The first-order valence-corrected chi connectivity index (χ1v) is 5.95. The van der Waals surface area contributed by atoms with Gasteiger partial charge in [-0.1, -0.05) is 27.7 Å². The smallest absolute Gasteiger partial charge is 0.234 e. The van der Waals surface area contributed by atoms with Crippen LogP contribution in [0.4, 0.5) is 0 Å². The first kappa shape index (κ1) is 12.5. The van der Waals surface area contributed by atoms with E-state index in [-0.39, 0.29) is 11.4 Å². The van der Waals surface area contributed by atoms with E-state index in [1.54, 1.807) is 0 Å². The number of piperazine rings is 1. The third kappa shape index (κ3) is 3.82. The van der Waals surface area contributed by atoms with Gasteiger partial charge in [0.1, 0.15) is 0 Å². The van der Waals surface area contributed by atoms with Crippen LogP contribution < -0.4 is 10.6 Å². The van der Waals surface area contributed by atoms with Gasteiger partial charge >= 0.3 is 0 Å². The van der Waals surface area contributed by atoms with E-state index in [1.165, 1.54) is 0 Å². The molecule has 1 fully saturated rings. The highest BCUT2D eigenvalue weighted by Gasteiger charge is 2.35.